The third-order valence-corrected chi connectivity index (χ3v) is 6.64. The van der Waals surface area contributed by atoms with E-state index in [2.05, 4.69) is 4.98 Å². The van der Waals surface area contributed by atoms with Crippen LogP contribution in [0.5, 0.6) is 5.75 Å². The molecule has 27 heavy (non-hydrogen) atoms. The first-order valence-corrected chi connectivity index (χ1v) is 10.6. The number of sulfonamides is 1. The molecule has 1 fully saturated rings. The van der Waals surface area contributed by atoms with Gasteiger partial charge in [-0.2, -0.15) is 4.31 Å². The van der Waals surface area contributed by atoms with Crippen LogP contribution < -0.4 is 4.74 Å². The van der Waals surface area contributed by atoms with E-state index in [0.717, 1.165) is 0 Å². The Morgan fingerprint density at radius 2 is 1.93 bits per heavy atom. The van der Waals surface area contributed by atoms with Crippen LogP contribution in [0.25, 0.3) is 10.9 Å². The van der Waals surface area contributed by atoms with Crippen molar-refractivity contribution in [3.05, 3.63) is 30.5 Å². The standard InChI is InChI=1S/C19H24N2O5S/c1-3-25-16-7-8-17(15-6-5-11-20-18(15)16)27(23,24)21-12-9-14(10-13-21)19(22)26-4-2/h5-8,11,14H,3-4,9-10,12-13H2,1-2H3. The Balaban J connectivity index is 1.88. The number of hydrogen-bond donors (Lipinski definition) is 0. The number of pyridine rings is 1. The van der Waals surface area contributed by atoms with E-state index in [1.54, 1.807) is 37.4 Å². The Bertz CT molecular complexity index is 921. The molecule has 2 aromatic rings. The first-order valence-electron chi connectivity index (χ1n) is 9.16. The predicted octanol–water partition coefficient (Wildman–Crippen LogP) is 2.60. The van der Waals surface area contributed by atoms with E-state index in [1.165, 1.54) is 4.31 Å². The molecule has 1 aromatic carbocycles. The molecule has 0 N–H and O–H groups in total. The van der Waals surface area contributed by atoms with Gasteiger partial charge in [0.05, 0.1) is 24.0 Å². The maximum atomic E-state index is 13.2. The van der Waals surface area contributed by atoms with E-state index in [0.29, 0.717) is 55.8 Å². The minimum absolute atomic E-state index is 0.212. The second-order valence-electron chi connectivity index (χ2n) is 6.32. The van der Waals surface area contributed by atoms with Crippen LogP contribution in [0.15, 0.2) is 35.4 Å². The number of rotatable bonds is 6. The lowest BCUT2D eigenvalue weighted by Gasteiger charge is -2.30. The summed E-state index contributed by atoms with van der Waals surface area (Å²) in [4.78, 5) is 16.4. The summed E-state index contributed by atoms with van der Waals surface area (Å²) in [5, 5.41) is 0.538. The van der Waals surface area contributed by atoms with Gasteiger partial charge in [0.15, 0.2) is 0 Å². The molecule has 1 aliphatic heterocycles. The number of nitrogens with zero attached hydrogens (tertiary/aromatic N) is 2. The van der Waals surface area contributed by atoms with Crippen LogP contribution in [0.3, 0.4) is 0 Å². The van der Waals surface area contributed by atoms with Crippen molar-refractivity contribution < 1.29 is 22.7 Å². The zero-order valence-electron chi connectivity index (χ0n) is 15.6. The van der Waals surface area contributed by atoms with Gasteiger partial charge in [-0.05, 0) is 51.0 Å². The number of esters is 1. The number of aromatic nitrogens is 1. The van der Waals surface area contributed by atoms with Gasteiger partial charge in [0.1, 0.15) is 11.3 Å². The van der Waals surface area contributed by atoms with Crippen LogP contribution in [0.4, 0.5) is 0 Å². The molecule has 1 aliphatic rings. The minimum Gasteiger partial charge on any atom is -0.492 e. The Labute approximate surface area is 159 Å². The lowest BCUT2D eigenvalue weighted by molar-refractivity contribution is -0.149. The van der Waals surface area contributed by atoms with Gasteiger partial charge >= 0.3 is 5.97 Å². The zero-order valence-corrected chi connectivity index (χ0v) is 16.4. The Hall–Kier alpha value is -2.19. The Kier molecular flexibility index (Phi) is 5.96. The average Bonchev–Trinajstić information content (AvgIpc) is 2.68. The minimum atomic E-state index is -3.70. The molecule has 0 aliphatic carbocycles. The summed E-state index contributed by atoms with van der Waals surface area (Å²) in [6.07, 6.45) is 2.54. The molecule has 3 rings (SSSR count). The number of carbonyl (C=O) groups is 1. The van der Waals surface area contributed by atoms with E-state index in [-0.39, 0.29) is 16.8 Å². The SMILES string of the molecule is CCOC(=O)C1CCN(S(=O)(=O)c2ccc(OCC)c3ncccc23)CC1. The van der Waals surface area contributed by atoms with Gasteiger partial charge in [-0.25, -0.2) is 8.42 Å². The highest BCUT2D eigenvalue weighted by molar-refractivity contribution is 7.89. The molecular formula is C19H24N2O5S. The number of piperidine rings is 1. The number of hydrogen-bond acceptors (Lipinski definition) is 6. The summed E-state index contributed by atoms with van der Waals surface area (Å²) < 4.78 is 38.5. The summed E-state index contributed by atoms with van der Waals surface area (Å²) >= 11 is 0. The van der Waals surface area contributed by atoms with Gasteiger partial charge in [0.2, 0.25) is 10.0 Å². The molecule has 0 spiro atoms. The second-order valence-corrected chi connectivity index (χ2v) is 8.23. The van der Waals surface area contributed by atoms with Crippen LogP contribution in [0.2, 0.25) is 0 Å². The van der Waals surface area contributed by atoms with Crippen molar-refractivity contribution in [3.63, 3.8) is 0 Å². The third-order valence-electron chi connectivity index (χ3n) is 4.68. The fraction of sp³-hybridized carbons (Fsp3) is 0.474. The van der Waals surface area contributed by atoms with E-state index in [9.17, 15) is 13.2 Å². The lowest BCUT2D eigenvalue weighted by atomic mass is 9.98. The molecule has 0 saturated carbocycles. The maximum Gasteiger partial charge on any atom is 0.309 e. The predicted molar refractivity (Wildman–Crippen MR) is 101 cm³/mol. The third kappa shape index (κ3) is 3.91. The molecule has 1 aromatic heterocycles. The van der Waals surface area contributed by atoms with Crippen molar-refractivity contribution >= 4 is 26.9 Å². The maximum absolute atomic E-state index is 13.2. The molecule has 0 amide bonds. The molecule has 0 atom stereocenters. The average molecular weight is 392 g/mol. The highest BCUT2D eigenvalue weighted by Gasteiger charge is 2.33. The normalized spacial score (nSPS) is 16.4. The summed E-state index contributed by atoms with van der Waals surface area (Å²) in [7, 11) is -3.70. The molecule has 0 unspecified atom stereocenters. The van der Waals surface area contributed by atoms with Crippen LogP contribution in [-0.2, 0) is 19.6 Å². The lowest BCUT2D eigenvalue weighted by Crippen LogP contribution is -2.40. The molecule has 8 heteroatoms. The van der Waals surface area contributed by atoms with Crippen LogP contribution in [0.1, 0.15) is 26.7 Å². The molecular weight excluding hydrogens is 368 g/mol. The first kappa shape index (κ1) is 19.6. The van der Waals surface area contributed by atoms with Crippen molar-refractivity contribution in [2.24, 2.45) is 5.92 Å². The van der Waals surface area contributed by atoms with E-state index >= 15 is 0 Å². The van der Waals surface area contributed by atoms with Gasteiger partial charge < -0.3 is 9.47 Å². The van der Waals surface area contributed by atoms with Gasteiger partial charge in [-0.15, -0.1) is 0 Å². The van der Waals surface area contributed by atoms with Crippen molar-refractivity contribution in [1.82, 2.24) is 9.29 Å². The molecule has 2 heterocycles. The molecule has 0 radical (unpaired) electrons. The van der Waals surface area contributed by atoms with Gasteiger partial charge in [-0.3, -0.25) is 9.78 Å². The second kappa shape index (κ2) is 8.22. The number of carbonyl (C=O) groups excluding carboxylic acids is 1. The van der Waals surface area contributed by atoms with E-state index in [1.807, 2.05) is 6.92 Å². The van der Waals surface area contributed by atoms with Gasteiger partial charge in [-0.1, -0.05) is 0 Å². The topological polar surface area (TPSA) is 85.8 Å². The van der Waals surface area contributed by atoms with Crippen LogP contribution >= 0.6 is 0 Å². The fourth-order valence-corrected chi connectivity index (χ4v) is 5.00. The largest absolute Gasteiger partial charge is 0.492 e. The summed E-state index contributed by atoms with van der Waals surface area (Å²) in [6.45, 7) is 5.03. The van der Waals surface area contributed by atoms with Gasteiger partial charge in [0.25, 0.3) is 0 Å². The summed E-state index contributed by atoms with van der Waals surface area (Å²) in [5.74, 6) is 0.0773. The number of ether oxygens (including phenoxy) is 2. The summed E-state index contributed by atoms with van der Waals surface area (Å²) in [5.41, 5.74) is 0.529. The monoisotopic (exact) mass is 392 g/mol. The van der Waals surface area contributed by atoms with Crippen molar-refractivity contribution in [1.29, 1.82) is 0 Å². The van der Waals surface area contributed by atoms with E-state index < -0.39 is 10.0 Å². The van der Waals surface area contributed by atoms with Crippen LogP contribution in [0, 0.1) is 5.92 Å². The van der Waals surface area contributed by atoms with Crippen molar-refractivity contribution in [3.8, 4) is 5.75 Å². The van der Waals surface area contributed by atoms with Crippen LogP contribution in [-0.4, -0.2) is 50.0 Å². The smallest absolute Gasteiger partial charge is 0.309 e. The zero-order chi connectivity index (χ0) is 19.4. The molecule has 146 valence electrons. The number of fused-ring (bicyclic) bond motifs is 1. The van der Waals surface area contributed by atoms with Crippen molar-refractivity contribution in [2.45, 2.75) is 31.6 Å². The Morgan fingerprint density at radius 3 is 2.59 bits per heavy atom. The highest BCUT2D eigenvalue weighted by atomic mass is 32.2. The molecule has 0 bridgehead atoms. The quantitative estimate of drug-likeness (QED) is 0.703. The number of benzene rings is 1. The fourth-order valence-electron chi connectivity index (χ4n) is 3.35. The van der Waals surface area contributed by atoms with E-state index in [4.69, 9.17) is 9.47 Å². The summed E-state index contributed by atoms with van der Waals surface area (Å²) in [6, 6.07) is 6.67. The highest BCUT2D eigenvalue weighted by Crippen LogP contribution is 2.32. The molecule has 7 nitrogen and oxygen atoms in total. The van der Waals surface area contributed by atoms with Gasteiger partial charge in [0, 0.05) is 24.7 Å². The Morgan fingerprint density at radius 1 is 1.19 bits per heavy atom. The molecule has 1 saturated heterocycles. The first-order chi connectivity index (χ1) is 13.0. The van der Waals surface area contributed by atoms with Crippen molar-refractivity contribution in [2.75, 3.05) is 26.3 Å².